The van der Waals surface area contributed by atoms with Crippen molar-refractivity contribution >= 4 is 64.3 Å². The molecule has 0 heterocycles. The maximum absolute atomic E-state index is 13.4. The lowest BCUT2D eigenvalue weighted by Gasteiger charge is -2.26. The number of rotatable bonds is 12. The van der Waals surface area contributed by atoms with Crippen molar-refractivity contribution in [2.45, 2.75) is 29.1 Å². The Hall–Kier alpha value is -8.18. The summed E-state index contributed by atoms with van der Waals surface area (Å²) < 4.78 is 70.7. The molecule has 0 aliphatic carbocycles. The number of anilines is 2. The summed E-state index contributed by atoms with van der Waals surface area (Å²) >= 11 is 0. The highest BCUT2D eigenvalue weighted by atomic mass is 32.2. The van der Waals surface area contributed by atoms with Gasteiger partial charge in [-0.05, 0) is 108 Å². The van der Waals surface area contributed by atoms with Crippen molar-refractivity contribution in [1.82, 2.24) is 0 Å². The fourth-order valence-electron chi connectivity index (χ4n) is 7.15. The number of fused-ring (bicyclic) bond motifs is 2. The summed E-state index contributed by atoms with van der Waals surface area (Å²) in [6, 6.07) is 42.7. The molecular formula is C47H36N6O8S2+2. The zero-order valence-corrected chi connectivity index (χ0v) is 35.1. The molecule has 0 spiro atoms. The van der Waals surface area contributed by atoms with Crippen LogP contribution < -0.4 is 18.9 Å². The number of sulfonamides is 2. The first-order valence-electron chi connectivity index (χ1n) is 19.2. The fourth-order valence-corrected chi connectivity index (χ4v) is 9.72. The van der Waals surface area contributed by atoms with E-state index in [1.165, 1.54) is 60.7 Å². The Morgan fingerprint density at radius 2 is 0.794 bits per heavy atom. The number of hydrogen-bond acceptors (Lipinski definition) is 10. The summed E-state index contributed by atoms with van der Waals surface area (Å²) in [7, 11) is -8.12. The van der Waals surface area contributed by atoms with Crippen LogP contribution in [0.15, 0.2) is 168 Å². The van der Waals surface area contributed by atoms with Gasteiger partial charge in [-0.3, -0.25) is 9.44 Å². The van der Waals surface area contributed by atoms with Gasteiger partial charge in [0, 0.05) is 50.5 Å². The summed E-state index contributed by atoms with van der Waals surface area (Å²) in [6.45, 7) is 4.20. The van der Waals surface area contributed by atoms with Gasteiger partial charge in [-0.15, -0.1) is 0 Å². The SMILES string of the molecule is CC(C)(c1ccc(Oc2ccc(NS(=O)(=O)c3cccc4c(O)c([N+]#N)ccc34)cc2)cc1)c1ccc(Oc2ccc(NS(=O)(=O)c3cccc4c(O)c([N+]#N)ccc34)cc2)cc1. The zero-order chi connectivity index (χ0) is 44.5. The molecule has 8 rings (SSSR count). The average Bonchev–Trinajstić information content (AvgIpc) is 3.28. The number of nitrogens with one attached hydrogen (secondary N) is 2. The van der Waals surface area contributed by atoms with Crippen molar-refractivity contribution in [3.63, 3.8) is 0 Å². The van der Waals surface area contributed by atoms with Crippen LogP contribution in [-0.2, 0) is 25.5 Å². The molecule has 0 aliphatic rings. The second-order valence-electron chi connectivity index (χ2n) is 14.9. The third-order valence-corrected chi connectivity index (χ3v) is 13.5. The molecule has 0 saturated carbocycles. The topological polar surface area (TPSA) is 208 Å². The first kappa shape index (κ1) is 41.5. The Labute approximate surface area is 362 Å². The van der Waals surface area contributed by atoms with Crippen molar-refractivity contribution in [2.75, 3.05) is 9.44 Å². The molecule has 312 valence electrons. The monoisotopic (exact) mass is 876 g/mol. The van der Waals surface area contributed by atoms with E-state index in [1.807, 2.05) is 48.5 Å². The van der Waals surface area contributed by atoms with Gasteiger partial charge < -0.3 is 19.7 Å². The third kappa shape index (κ3) is 8.32. The molecule has 63 heavy (non-hydrogen) atoms. The van der Waals surface area contributed by atoms with E-state index in [0.29, 0.717) is 34.4 Å². The van der Waals surface area contributed by atoms with E-state index in [9.17, 15) is 27.0 Å². The molecule has 14 nitrogen and oxygen atoms in total. The van der Waals surface area contributed by atoms with Crippen molar-refractivity contribution in [3.8, 4) is 34.5 Å². The number of diazo groups is 2. The van der Waals surface area contributed by atoms with Gasteiger partial charge in [-0.25, -0.2) is 16.8 Å². The van der Waals surface area contributed by atoms with Crippen LogP contribution in [-0.4, -0.2) is 27.0 Å². The van der Waals surface area contributed by atoms with Crippen LogP contribution in [0, 0.1) is 10.8 Å². The van der Waals surface area contributed by atoms with E-state index in [1.54, 1.807) is 48.5 Å². The molecule has 0 amide bonds. The van der Waals surface area contributed by atoms with Gasteiger partial charge in [0.1, 0.15) is 23.0 Å². The quantitative estimate of drug-likeness (QED) is 0.0854. The third-order valence-electron chi connectivity index (χ3n) is 10.6. The molecule has 0 atom stereocenters. The largest absolute Gasteiger partial charge is 0.501 e. The molecule has 0 aromatic heterocycles. The molecule has 0 aliphatic heterocycles. The maximum Gasteiger partial charge on any atom is 0.426 e. The number of benzene rings is 8. The lowest BCUT2D eigenvalue weighted by atomic mass is 9.78. The van der Waals surface area contributed by atoms with Crippen LogP contribution in [0.1, 0.15) is 25.0 Å². The Balaban J connectivity index is 0.879. The zero-order valence-electron chi connectivity index (χ0n) is 33.5. The molecule has 0 radical (unpaired) electrons. The van der Waals surface area contributed by atoms with Crippen LogP contribution in [0.3, 0.4) is 0 Å². The van der Waals surface area contributed by atoms with Crippen LogP contribution in [0.4, 0.5) is 22.7 Å². The van der Waals surface area contributed by atoms with Crippen LogP contribution in [0.5, 0.6) is 34.5 Å². The Morgan fingerprint density at radius 1 is 0.460 bits per heavy atom. The number of phenolic OH excluding ortho intramolecular Hbond substituents is 2. The minimum absolute atomic E-state index is 0.0536. The van der Waals surface area contributed by atoms with E-state index in [-0.39, 0.29) is 54.2 Å². The molecular weight excluding hydrogens is 841 g/mol. The van der Waals surface area contributed by atoms with Crippen LogP contribution >= 0.6 is 0 Å². The van der Waals surface area contributed by atoms with Crippen LogP contribution in [0.25, 0.3) is 31.5 Å². The van der Waals surface area contributed by atoms with Gasteiger partial charge in [0.2, 0.25) is 22.3 Å². The fraction of sp³-hybridized carbons (Fsp3) is 0.0638. The normalized spacial score (nSPS) is 11.7. The van der Waals surface area contributed by atoms with E-state index in [0.717, 1.165) is 11.1 Å². The molecule has 16 heteroatoms. The van der Waals surface area contributed by atoms with Gasteiger partial charge in [0.05, 0.1) is 9.79 Å². The standard InChI is InChI=1S/C47H34N6O8S2/c1-47(2,29-9-17-33(18-10-29)60-35-21-13-31(14-22-35)52-62(56,57)43-7-3-5-39-37(43)25-27-41(50-48)45(39)54)30-11-19-34(20-12-30)61-36-23-15-32(16-24-36)53-63(58,59)44-8-4-6-40-38(44)26-28-42(51-49)46(40)55/h3-28,52-53H,1-2H3/p+2. The highest BCUT2D eigenvalue weighted by Gasteiger charge is 2.26. The second kappa shape index (κ2) is 16.4. The number of hydrogen-bond donors (Lipinski definition) is 4. The van der Waals surface area contributed by atoms with E-state index >= 15 is 0 Å². The lowest BCUT2D eigenvalue weighted by molar-refractivity contribution is 0.481. The van der Waals surface area contributed by atoms with E-state index in [2.05, 4.69) is 33.2 Å². The van der Waals surface area contributed by atoms with E-state index < -0.39 is 25.5 Å². The number of nitrogens with zero attached hydrogens (tertiary/aromatic N) is 4. The van der Waals surface area contributed by atoms with Crippen molar-refractivity contribution in [2.24, 2.45) is 0 Å². The highest BCUT2D eigenvalue weighted by molar-refractivity contribution is 7.93. The van der Waals surface area contributed by atoms with Crippen molar-refractivity contribution in [1.29, 1.82) is 10.8 Å². The minimum atomic E-state index is -4.06. The molecule has 0 bridgehead atoms. The van der Waals surface area contributed by atoms with Crippen molar-refractivity contribution in [3.05, 3.63) is 179 Å². The Kier molecular flexibility index (Phi) is 10.8. The van der Waals surface area contributed by atoms with Gasteiger partial charge in [0.25, 0.3) is 20.0 Å². The lowest BCUT2D eigenvalue weighted by Crippen LogP contribution is -2.18. The molecule has 8 aromatic rings. The predicted octanol–water partition coefficient (Wildman–Crippen LogP) is 11.9. The summed E-state index contributed by atoms with van der Waals surface area (Å²) in [5.41, 5.74) is 2.12. The Bertz CT molecular complexity index is 3140. The predicted molar refractivity (Wildman–Crippen MR) is 240 cm³/mol. The molecule has 0 fully saturated rings. The van der Waals surface area contributed by atoms with Gasteiger partial charge >= 0.3 is 11.4 Å². The summed E-state index contributed by atoms with van der Waals surface area (Å²) in [4.78, 5) is 5.95. The Morgan fingerprint density at radius 3 is 1.13 bits per heavy atom. The number of aromatic hydroxyl groups is 2. The first-order valence-corrected chi connectivity index (χ1v) is 22.2. The van der Waals surface area contributed by atoms with Gasteiger partial charge in [0.15, 0.2) is 9.95 Å². The summed E-state index contributed by atoms with van der Waals surface area (Å²) in [5, 5.41) is 40.0. The van der Waals surface area contributed by atoms with Crippen molar-refractivity contribution < 1.29 is 36.5 Å². The first-order chi connectivity index (χ1) is 30.2. The molecule has 4 N–H and O–H groups in total. The number of phenols is 2. The molecule has 8 aromatic carbocycles. The second-order valence-corrected chi connectivity index (χ2v) is 18.2. The maximum atomic E-state index is 13.4. The van der Waals surface area contributed by atoms with Gasteiger partial charge in [-0.2, -0.15) is 0 Å². The molecule has 0 unspecified atom stereocenters. The average molecular weight is 877 g/mol. The van der Waals surface area contributed by atoms with E-state index in [4.69, 9.17) is 20.3 Å². The molecule has 0 saturated heterocycles. The minimum Gasteiger partial charge on any atom is -0.501 e. The summed E-state index contributed by atoms with van der Waals surface area (Å²) in [5.74, 6) is 1.48. The number of ether oxygens (including phenoxy) is 2. The summed E-state index contributed by atoms with van der Waals surface area (Å²) in [6.07, 6.45) is 0. The highest BCUT2D eigenvalue weighted by Crippen LogP contribution is 2.40. The smallest absolute Gasteiger partial charge is 0.426 e. The van der Waals surface area contributed by atoms with Crippen LogP contribution in [0.2, 0.25) is 0 Å². The van der Waals surface area contributed by atoms with Gasteiger partial charge in [-0.1, -0.05) is 62.4 Å².